The molecular formula is C10H16N4O. The molecule has 1 saturated heterocycles. The number of anilines is 1. The van der Waals surface area contributed by atoms with Gasteiger partial charge in [-0.1, -0.05) is 0 Å². The maximum Gasteiger partial charge on any atom is 0.225 e. The maximum absolute atomic E-state index is 5.91. The lowest BCUT2D eigenvalue weighted by atomic mass is 9.94. The van der Waals surface area contributed by atoms with Crippen LogP contribution in [0.5, 0.6) is 0 Å². The van der Waals surface area contributed by atoms with Gasteiger partial charge >= 0.3 is 0 Å². The zero-order valence-corrected chi connectivity index (χ0v) is 9.10. The van der Waals surface area contributed by atoms with Crippen LogP contribution in [-0.2, 0) is 11.3 Å². The molecular weight excluding hydrogens is 192 g/mol. The van der Waals surface area contributed by atoms with Gasteiger partial charge in [-0.05, 0) is 6.92 Å². The molecule has 0 spiro atoms. The van der Waals surface area contributed by atoms with E-state index in [0.29, 0.717) is 6.61 Å². The summed E-state index contributed by atoms with van der Waals surface area (Å²) in [4.78, 5) is 10.6. The molecule has 2 heterocycles. The summed E-state index contributed by atoms with van der Waals surface area (Å²) in [7, 11) is 1.66. The molecule has 1 aliphatic heterocycles. The molecule has 5 heteroatoms. The van der Waals surface area contributed by atoms with Gasteiger partial charge in [0.1, 0.15) is 0 Å². The first-order valence-electron chi connectivity index (χ1n) is 4.94. The summed E-state index contributed by atoms with van der Waals surface area (Å²) >= 11 is 0. The minimum absolute atomic E-state index is 0.0887. The van der Waals surface area contributed by atoms with Gasteiger partial charge in [0, 0.05) is 43.7 Å². The van der Waals surface area contributed by atoms with Crippen LogP contribution in [0.2, 0.25) is 0 Å². The molecule has 0 radical (unpaired) electrons. The lowest BCUT2D eigenvalue weighted by molar-refractivity contribution is 0.184. The first kappa shape index (κ1) is 10.3. The smallest absolute Gasteiger partial charge is 0.225 e. The summed E-state index contributed by atoms with van der Waals surface area (Å²) in [6.07, 6.45) is 3.58. The molecule has 0 unspecified atom stereocenters. The number of rotatable bonds is 3. The topological polar surface area (TPSA) is 64.3 Å². The predicted molar refractivity (Wildman–Crippen MR) is 57.6 cm³/mol. The van der Waals surface area contributed by atoms with Gasteiger partial charge in [0.15, 0.2) is 0 Å². The Labute approximate surface area is 89.3 Å². The fourth-order valence-corrected chi connectivity index (χ4v) is 1.72. The van der Waals surface area contributed by atoms with Gasteiger partial charge in [0.25, 0.3) is 0 Å². The van der Waals surface area contributed by atoms with E-state index in [2.05, 4.69) is 14.9 Å². The van der Waals surface area contributed by atoms with Gasteiger partial charge in [-0.2, -0.15) is 0 Å². The van der Waals surface area contributed by atoms with Crippen LogP contribution in [-0.4, -0.2) is 35.7 Å². The molecule has 2 N–H and O–H groups in total. The Balaban J connectivity index is 1.99. The number of ether oxygens (including phenoxy) is 1. The molecule has 2 rings (SSSR count). The highest BCUT2D eigenvalue weighted by molar-refractivity contribution is 5.37. The van der Waals surface area contributed by atoms with Crippen molar-refractivity contribution in [3.63, 3.8) is 0 Å². The molecule has 1 aliphatic rings. The molecule has 0 aromatic carbocycles. The van der Waals surface area contributed by atoms with E-state index in [1.807, 2.05) is 6.92 Å². The molecule has 0 amide bonds. The number of nitrogens with two attached hydrogens (primary N) is 1. The highest BCUT2D eigenvalue weighted by Gasteiger charge is 2.36. The van der Waals surface area contributed by atoms with Crippen molar-refractivity contribution in [3.05, 3.63) is 18.0 Å². The van der Waals surface area contributed by atoms with Crippen LogP contribution in [0, 0.1) is 0 Å². The number of hydrogen-bond acceptors (Lipinski definition) is 5. The molecule has 1 aromatic heterocycles. The molecule has 1 aromatic rings. The third-order valence-corrected chi connectivity index (χ3v) is 2.39. The van der Waals surface area contributed by atoms with Gasteiger partial charge < -0.3 is 15.4 Å². The lowest BCUT2D eigenvalue weighted by Crippen LogP contribution is -2.66. The quantitative estimate of drug-likeness (QED) is 0.766. The van der Waals surface area contributed by atoms with Gasteiger partial charge in [-0.15, -0.1) is 0 Å². The fraction of sp³-hybridized carbons (Fsp3) is 0.600. The largest absolute Gasteiger partial charge is 0.380 e. The third-order valence-electron chi connectivity index (χ3n) is 2.39. The van der Waals surface area contributed by atoms with Crippen molar-refractivity contribution in [3.8, 4) is 0 Å². The third kappa shape index (κ3) is 2.24. The van der Waals surface area contributed by atoms with Crippen LogP contribution in [0.25, 0.3) is 0 Å². The highest BCUT2D eigenvalue weighted by Crippen LogP contribution is 2.21. The summed E-state index contributed by atoms with van der Waals surface area (Å²) in [5.41, 5.74) is 6.80. The molecule has 1 fully saturated rings. The number of methoxy groups -OCH3 is 1. The Morgan fingerprint density at radius 2 is 2.07 bits per heavy atom. The molecule has 0 saturated carbocycles. The van der Waals surface area contributed by atoms with Gasteiger partial charge in [0.2, 0.25) is 5.95 Å². The first-order valence-corrected chi connectivity index (χ1v) is 4.94. The minimum atomic E-state index is -0.0887. The van der Waals surface area contributed by atoms with Crippen molar-refractivity contribution in [1.29, 1.82) is 0 Å². The van der Waals surface area contributed by atoms with E-state index in [0.717, 1.165) is 24.6 Å². The van der Waals surface area contributed by atoms with Crippen LogP contribution < -0.4 is 10.6 Å². The zero-order chi connectivity index (χ0) is 10.9. The van der Waals surface area contributed by atoms with E-state index in [4.69, 9.17) is 10.5 Å². The van der Waals surface area contributed by atoms with Crippen molar-refractivity contribution < 1.29 is 4.74 Å². The van der Waals surface area contributed by atoms with Crippen LogP contribution in [0.15, 0.2) is 12.4 Å². The summed E-state index contributed by atoms with van der Waals surface area (Å²) in [5, 5.41) is 0. The number of hydrogen-bond donors (Lipinski definition) is 1. The summed E-state index contributed by atoms with van der Waals surface area (Å²) in [6.45, 7) is 4.21. The van der Waals surface area contributed by atoms with E-state index in [1.54, 1.807) is 19.5 Å². The van der Waals surface area contributed by atoms with Crippen LogP contribution >= 0.6 is 0 Å². The first-order chi connectivity index (χ1) is 7.11. The Bertz CT molecular complexity index is 328. The molecule has 5 nitrogen and oxygen atoms in total. The zero-order valence-electron chi connectivity index (χ0n) is 9.10. The number of nitrogens with zero attached hydrogens (tertiary/aromatic N) is 3. The van der Waals surface area contributed by atoms with E-state index in [-0.39, 0.29) is 5.54 Å². The second-order valence-electron chi connectivity index (χ2n) is 4.33. The van der Waals surface area contributed by atoms with Crippen LogP contribution in [0.3, 0.4) is 0 Å². The van der Waals surface area contributed by atoms with Crippen LogP contribution in [0.1, 0.15) is 12.5 Å². The molecule has 0 aliphatic carbocycles. The monoisotopic (exact) mass is 208 g/mol. The van der Waals surface area contributed by atoms with Crippen molar-refractivity contribution in [1.82, 2.24) is 9.97 Å². The Morgan fingerprint density at radius 3 is 2.53 bits per heavy atom. The average Bonchev–Trinajstić information content (AvgIpc) is 2.16. The highest BCUT2D eigenvalue weighted by atomic mass is 16.5. The normalized spacial score (nSPS) is 18.7. The second-order valence-corrected chi connectivity index (χ2v) is 4.33. The maximum atomic E-state index is 5.91. The molecule has 15 heavy (non-hydrogen) atoms. The van der Waals surface area contributed by atoms with Gasteiger partial charge in [-0.3, -0.25) is 0 Å². The molecule has 82 valence electrons. The average molecular weight is 208 g/mol. The van der Waals surface area contributed by atoms with E-state index < -0.39 is 0 Å². The van der Waals surface area contributed by atoms with Gasteiger partial charge in [-0.25, -0.2) is 9.97 Å². The van der Waals surface area contributed by atoms with Crippen molar-refractivity contribution in [2.24, 2.45) is 5.73 Å². The summed E-state index contributed by atoms with van der Waals surface area (Å²) in [5.74, 6) is 0.748. The van der Waals surface area contributed by atoms with E-state index in [9.17, 15) is 0 Å². The van der Waals surface area contributed by atoms with Crippen molar-refractivity contribution in [2.75, 3.05) is 25.1 Å². The summed E-state index contributed by atoms with van der Waals surface area (Å²) < 4.78 is 4.99. The SMILES string of the molecule is COCc1cnc(N2CC(C)(N)C2)nc1. The molecule has 0 atom stereocenters. The fourth-order valence-electron chi connectivity index (χ4n) is 1.72. The minimum Gasteiger partial charge on any atom is -0.380 e. The second kappa shape index (κ2) is 3.75. The van der Waals surface area contributed by atoms with E-state index >= 15 is 0 Å². The Kier molecular flexibility index (Phi) is 2.58. The summed E-state index contributed by atoms with van der Waals surface area (Å²) in [6, 6.07) is 0. The predicted octanol–water partition coefficient (Wildman–Crippen LogP) is 0.160. The Hall–Kier alpha value is -1.20. The van der Waals surface area contributed by atoms with E-state index in [1.165, 1.54) is 0 Å². The Morgan fingerprint density at radius 1 is 1.47 bits per heavy atom. The lowest BCUT2D eigenvalue weighted by Gasteiger charge is -2.45. The molecule has 0 bridgehead atoms. The standard InChI is InChI=1S/C10H16N4O/c1-10(11)6-14(7-10)9-12-3-8(4-13-9)5-15-2/h3-4H,5-7,11H2,1-2H3. The van der Waals surface area contributed by atoms with Crippen molar-refractivity contribution >= 4 is 5.95 Å². The number of aromatic nitrogens is 2. The van der Waals surface area contributed by atoms with Crippen molar-refractivity contribution in [2.45, 2.75) is 19.1 Å². The van der Waals surface area contributed by atoms with Crippen LogP contribution in [0.4, 0.5) is 5.95 Å². The van der Waals surface area contributed by atoms with Gasteiger partial charge in [0.05, 0.1) is 6.61 Å².